The van der Waals surface area contributed by atoms with Gasteiger partial charge in [-0.3, -0.25) is 4.90 Å². The number of esters is 1. The van der Waals surface area contributed by atoms with Crippen molar-refractivity contribution in [2.75, 3.05) is 13.2 Å². The number of alkyl halides is 2. The fourth-order valence-corrected chi connectivity index (χ4v) is 2.88. The molecule has 2 aromatic rings. The molecule has 2 atom stereocenters. The number of nitrogens with zero attached hydrogens (tertiary/aromatic N) is 1. The van der Waals surface area contributed by atoms with Crippen molar-refractivity contribution in [3.8, 4) is 0 Å². The van der Waals surface area contributed by atoms with Crippen molar-refractivity contribution in [3.05, 3.63) is 71.8 Å². The normalized spacial score (nSPS) is 20.6. The van der Waals surface area contributed by atoms with Crippen LogP contribution in [0.15, 0.2) is 60.7 Å². The zero-order valence-corrected chi connectivity index (χ0v) is 14.8. The molecule has 8 heteroatoms. The van der Waals surface area contributed by atoms with Crippen molar-refractivity contribution in [1.82, 2.24) is 4.90 Å². The molecule has 28 heavy (non-hydrogen) atoms. The van der Waals surface area contributed by atoms with Gasteiger partial charge in [0.1, 0.15) is 25.4 Å². The van der Waals surface area contributed by atoms with Crippen LogP contribution in [0.4, 0.5) is 13.6 Å². The molecule has 0 bridgehead atoms. The number of amides is 1. The van der Waals surface area contributed by atoms with Crippen LogP contribution in [0.5, 0.6) is 0 Å². The molecule has 0 unspecified atom stereocenters. The molecule has 0 radical (unpaired) electrons. The minimum Gasteiger partial charge on any atom is -0.460 e. The van der Waals surface area contributed by atoms with Crippen molar-refractivity contribution in [2.45, 2.75) is 24.7 Å². The van der Waals surface area contributed by atoms with Crippen LogP contribution in [-0.2, 0) is 16.1 Å². The Hall–Kier alpha value is -3.00. The van der Waals surface area contributed by atoms with E-state index in [1.54, 1.807) is 48.5 Å². The summed E-state index contributed by atoms with van der Waals surface area (Å²) in [7, 11) is 0. The summed E-state index contributed by atoms with van der Waals surface area (Å²) in [6.45, 7) is -1.49. The highest BCUT2D eigenvalue weighted by Gasteiger charge is 2.58. The van der Waals surface area contributed by atoms with Crippen LogP contribution in [0.25, 0.3) is 0 Å². The number of likely N-dealkylation sites (tertiary alicyclic amines) is 1. The SMILES string of the molecule is O=C(OC[C@@H]1N(C(=O)OCc2ccccc2)C[C@H](O)C1(F)F)c1ccccc1. The molecule has 3 rings (SSSR count). The molecule has 1 aliphatic heterocycles. The second-order valence-corrected chi connectivity index (χ2v) is 6.36. The summed E-state index contributed by atoms with van der Waals surface area (Å²) in [5, 5.41) is 9.67. The smallest absolute Gasteiger partial charge is 0.410 e. The lowest BCUT2D eigenvalue weighted by atomic mass is 10.1. The fraction of sp³-hybridized carbons (Fsp3) is 0.300. The predicted molar refractivity (Wildman–Crippen MR) is 94.8 cm³/mol. The molecule has 1 aliphatic rings. The molecular weight excluding hydrogens is 372 g/mol. The highest BCUT2D eigenvalue weighted by atomic mass is 19.3. The summed E-state index contributed by atoms with van der Waals surface area (Å²) in [4.78, 5) is 25.0. The Labute approximate surface area is 160 Å². The summed E-state index contributed by atoms with van der Waals surface area (Å²) < 4.78 is 38.7. The van der Waals surface area contributed by atoms with Crippen molar-refractivity contribution < 1.29 is 33.0 Å². The Balaban J connectivity index is 1.65. The van der Waals surface area contributed by atoms with Gasteiger partial charge in [0, 0.05) is 0 Å². The molecule has 0 aromatic heterocycles. The molecule has 0 saturated carbocycles. The first-order chi connectivity index (χ1) is 13.4. The van der Waals surface area contributed by atoms with Crippen molar-refractivity contribution in [3.63, 3.8) is 0 Å². The third kappa shape index (κ3) is 4.28. The van der Waals surface area contributed by atoms with Gasteiger partial charge < -0.3 is 14.6 Å². The van der Waals surface area contributed by atoms with E-state index < -0.39 is 43.3 Å². The van der Waals surface area contributed by atoms with Crippen molar-refractivity contribution in [2.24, 2.45) is 0 Å². The molecule has 0 spiro atoms. The minimum atomic E-state index is -3.64. The number of rotatable bonds is 5. The van der Waals surface area contributed by atoms with Gasteiger partial charge in [0.15, 0.2) is 0 Å². The number of aliphatic hydroxyl groups excluding tert-OH is 1. The van der Waals surface area contributed by atoms with Crippen LogP contribution in [0.2, 0.25) is 0 Å². The van der Waals surface area contributed by atoms with E-state index in [0.717, 1.165) is 0 Å². The maximum Gasteiger partial charge on any atom is 0.410 e. The van der Waals surface area contributed by atoms with Gasteiger partial charge in [-0.1, -0.05) is 48.5 Å². The number of β-amino-alcohol motifs (C(OH)–C–C–N with tert-alkyl or cyclic N) is 1. The van der Waals surface area contributed by atoms with Gasteiger partial charge in [0.2, 0.25) is 0 Å². The van der Waals surface area contributed by atoms with Gasteiger partial charge in [0.05, 0.1) is 12.1 Å². The molecule has 1 amide bonds. The highest BCUT2D eigenvalue weighted by Crippen LogP contribution is 2.35. The lowest BCUT2D eigenvalue weighted by molar-refractivity contribution is -0.109. The van der Waals surface area contributed by atoms with E-state index in [-0.39, 0.29) is 12.2 Å². The third-order valence-corrected chi connectivity index (χ3v) is 4.46. The molecular formula is C20H19F2NO5. The van der Waals surface area contributed by atoms with E-state index in [0.29, 0.717) is 10.5 Å². The van der Waals surface area contributed by atoms with E-state index in [1.807, 2.05) is 0 Å². The maximum absolute atomic E-state index is 14.3. The average molecular weight is 391 g/mol. The number of halogens is 2. The number of ether oxygens (including phenoxy) is 2. The first-order valence-electron chi connectivity index (χ1n) is 8.65. The molecule has 1 fully saturated rings. The van der Waals surface area contributed by atoms with E-state index in [4.69, 9.17) is 9.47 Å². The Bertz CT molecular complexity index is 816. The summed E-state index contributed by atoms with van der Waals surface area (Å²) in [5.74, 6) is -4.43. The lowest BCUT2D eigenvalue weighted by Crippen LogP contribution is -2.47. The fourth-order valence-electron chi connectivity index (χ4n) is 2.88. The Morgan fingerprint density at radius 1 is 1.04 bits per heavy atom. The van der Waals surface area contributed by atoms with Crippen molar-refractivity contribution >= 4 is 12.1 Å². The van der Waals surface area contributed by atoms with Crippen LogP contribution in [0.3, 0.4) is 0 Å². The summed E-state index contributed by atoms with van der Waals surface area (Å²) >= 11 is 0. The van der Waals surface area contributed by atoms with Crippen LogP contribution in [0, 0.1) is 0 Å². The monoisotopic (exact) mass is 391 g/mol. The van der Waals surface area contributed by atoms with Gasteiger partial charge in [0.25, 0.3) is 5.92 Å². The van der Waals surface area contributed by atoms with Crippen LogP contribution < -0.4 is 0 Å². The molecule has 1 heterocycles. The van der Waals surface area contributed by atoms with E-state index in [2.05, 4.69) is 0 Å². The number of aliphatic hydroxyl groups is 1. The second-order valence-electron chi connectivity index (χ2n) is 6.36. The van der Waals surface area contributed by atoms with Gasteiger partial charge in [-0.05, 0) is 17.7 Å². The maximum atomic E-state index is 14.3. The van der Waals surface area contributed by atoms with Gasteiger partial charge in [-0.15, -0.1) is 0 Å². The zero-order chi connectivity index (χ0) is 20.1. The molecule has 1 N–H and O–H groups in total. The number of carbonyl (C=O) groups is 2. The Morgan fingerprint density at radius 3 is 2.29 bits per heavy atom. The zero-order valence-electron chi connectivity index (χ0n) is 14.8. The quantitative estimate of drug-likeness (QED) is 0.794. The molecule has 148 valence electrons. The van der Waals surface area contributed by atoms with E-state index in [1.165, 1.54) is 12.1 Å². The summed E-state index contributed by atoms with van der Waals surface area (Å²) in [5.41, 5.74) is 0.886. The van der Waals surface area contributed by atoms with E-state index in [9.17, 15) is 23.5 Å². The van der Waals surface area contributed by atoms with Crippen molar-refractivity contribution in [1.29, 1.82) is 0 Å². The molecule has 2 aromatic carbocycles. The average Bonchev–Trinajstić information content (AvgIpc) is 2.94. The second kappa shape index (κ2) is 8.35. The number of benzene rings is 2. The topological polar surface area (TPSA) is 76.1 Å². The van der Waals surface area contributed by atoms with E-state index >= 15 is 0 Å². The first kappa shape index (κ1) is 19.8. The van der Waals surface area contributed by atoms with Gasteiger partial charge in [-0.2, -0.15) is 0 Å². The minimum absolute atomic E-state index is 0.103. The lowest BCUT2D eigenvalue weighted by Gasteiger charge is -2.26. The summed E-state index contributed by atoms with van der Waals surface area (Å²) in [6.07, 6.45) is -3.09. The van der Waals surface area contributed by atoms with Crippen LogP contribution in [0.1, 0.15) is 15.9 Å². The highest BCUT2D eigenvalue weighted by molar-refractivity contribution is 5.89. The van der Waals surface area contributed by atoms with Crippen LogP contribution >= 0.6 is 0 Å². The molecule has 0 aliphatic carbocycles. The van der Waals surface area contributed by atoms with Crippen LogP contribution in [-0.4, -0.2) is 53.3 Å². The summed E-state index contributed by atoms with van der Waals surface area (Å²) in [6, 6.07) is 14.8. The first-order valence-corrected chi connectivity index (χ1v) is 8.65. The number of hydrogen-bond donors (Lipinski definition) is 1. The van der Waals surface area contributed by atoms with Gasteiger partial charge >= 0.3 is 12.1 Å². The third-order valence-electron chi connectivity index (χ3n) is 4.46. The Morgan fingerprint density at radius 2 is 1.64 bits per heavy atom. The van der Waals surface area contributed by atoms with Gasteiger partial charge in [-0.25, -0.2) is 18.4 Å². The molecule has 1 saturated heterocycles. The largest absolute Gasteiger partial charge is 0.460 e. The number of hydrogen-bond acceptors (Lipinski definition) is 5. The Kier molecular flexibility index (Phi) is 5.89. The number of carbonyl (C=O) groups excluding carboxylic acids is 2. The molecule has 6 nitrogen and oxygen atoms in total. The predicted octanol–water partition coefficient (Wildman–Crippen LogP) is 2.86. The standard InChI is InChI=1S/C20H19F2NO5/c21-20(22)16(13-27-18(25)15-9-5-2-6-10-15)23(11-17(20)24)19(26)28-12-14-7-3-1-4-8-14/h1-10,16-17,24H,11-13H2/t16-,17-/m0/s1.